The van der Waals surface area contributed by atoms with Gasteiger partial charge in [-0.05, 0) is 23.3 Å². The van der Waals surface area contributed by atoms with Crippen LogP contribution in [0.4, 0.5) is 5.69 Å². The zero-order valence-electron chi connectivity index (χ0n) is 10.2. The van der Waals surface area contributed by atoms with E-state index in [1.54, 1.807) is 0 Å². The van der Waals surface area contributed by atoms with Crippen LogP contribution in [0, 0.1) is 0 Å². The van der Waals surface area contributed by atoms with Gasteiger partial charge in [-0.3, -0.25) is 0 Å². The van der Waals surface area contributed by atoms with Crippen LogP contribution >= 0.6 is 27.5 Å². The van der Waals surface area contributed by atoms with E-state index in [1.165, 1.54) is 11.3 Å². The van der Waals surface area contributed by atoms with Gasteiger partial charge in [0.05, 0.1) is 0 Å². The minimum absolute atomic E-state index is 0.809. The number of benzene rings is 2. The fourth-order valence-electron chi connectivity index (χ4n) is 1.96. The number of rotatable bonds is 4. The maximum atomic E-state index is 6.19. The van der Waals surface area contributed by atoms with E-state index in [4.69, 9.17) is 11.6 Å². The van der Waals surface area contributed by atoms with E-state index in [9.17, 15) is 0 Å². The van der Waals surface area contributed by atoms with E-state index in [2.05, 4.69) is 58.2 Å². The molecule has 2 aromatic rings. The maximum absolute atomic E-state index is 6.19. The highest BCUT2D eigenvalue weighted by atomic mass is 79.9. The van der Waals surface area contributed by atoms with Gasteiger partial charge in [0, 0.05) is 29.6 Å². The molecule has 0 atom stereocenters. The van der Waals surface area contributed by atoms with Gasteiger partial charge in [-0.1, -0.05) is 63.9 Å². The molecule has 1 nitrogen and oxygen atoms in total. The molecule has 0 saturated heterocycles. The summed E-state index contributed by atoms with van der Waals surface area (Å²) in [5, 5.41) is 1.68. The Morgan fingerprint density at radius 2 is 1.61 bits per heavy atom. The highest BCUT2D eigenvalue weighted by Gasteiger charge is 2.08. The first-order valence-corrected chi connectivity index (χ1v) is 7.30. The second-order valence-corrected chi connectivity index (χ2v) is 5.18. The third-order valence-electron chi connectivity index (χ3n) is 2.91. The summed E-state index contributed by atoms with van der Waals surface area (Å²) in [6.45, 7) is 0.809. The molecule has 0 aliphatic carbocycles. The first-order valence-electron chi connectivity index (χ1n) is 5.81. The minimum atomic E-state index is 0.809. The SMILES string of the molecule is CN(Cc1ccccc1Cl)c1ccccc1CBr. The van der Waals surface area contributed by atoms with Gasteiger partial charge in [0.2, 0.25) is 0 Å². The quantitative estimate of drug-likeness (QED) is 0.725. The first-order chi connectivity index (χ1) is 8.72. The van der Waals surface area contributed by atoms with Crippen molar-refractivity contribution in [1.29, 1.82) is 0 Å². The van der Waals surface area contributed by atoms with Crippen molar-refractivity contribution in [2.45, 2.75) is 11.9 Å². The van der Waals surface area contributed by atoms with E-state index < -0.39 is 0 Å². The molecule has 0 aromatic heterocycles. The van der Waals surface area contributed by atoms with Gasteiger partial charge in [0.15, 0.2) is 0 Å². The van der Waals surface area contributed by atoms with E-state index in [1.807, 2.05) is 18.2 Å². The molecule has 2 rings (SSSR count). The van der Waals surface area contributed by atoms with Crippen LogP contribution in [0.25, 0.3) is 0 Å². The summed E-state index contributed by atoms with van der Waals surface area (Å²) >= 11 is 9.72. The Labute approximate surface area is 122 Å². The van der Waals surface area contributed by atoms with Gasteiger partial charge in [0.1, 0.15) is 0 Å². The average Bonchev–Trinajstić information content (AvgIpc) is 2.41. The van der Waals surface area contributed by atoms with Crippen molar-refractivity contribution in [3.05, 3.63) is 64.7 Å². The van der Waals surface area contributed by atoms with Crippen LogP contribution in [0.15, 0.2) is 48.5 Å². The molecule has 0 radical (unpaired) electrons. The summed E-state index contributed by atoms with van der Waals surface area (Å²) in [5.74, 6) is 0. The molecule has 94 valence electrons. The zero-order valence-corrected chi connectivity index (χ0v) is 12.6. The summed E-state index contributed by atoms with van der Waals surface area (Å²) in [6.07, 6.45) is 0. The Balaban J connectivity index is 2.22. The predicted octanol–water partition coefficient (Wildman–Crippen LogP) is 4.87. The lowest BCUT2D eigenvalue weighted by atomic mass is 10.1. The van der Waals surface area contributed by atoms with E-state index >= 15 is 0 Å². The number of alkyl halides is 1. The Bertz CT molecular complexity index is 527. The molecule has 0 spiro atoms. The van der Waals surface area contributed by atoms with Gasteiger partial charge in [-0.15, -0.1) is 0 Å². The third kappa shape index (κ3) is 3.06. The lowest BCUT2D eigenvalue weighted by Gasteiger charge is -2.22. The van der Waals surface area contributed by atoms with Crippen molar-refractivity contribution in [3.63, 3.8) is 0 Å². The smallest absolute Gasteiger partial charge is 0.0455 e. The number of halogens is 2. The summed E-state index contributed by atoms with van der Waals surface area (Å²) in [5.41, 5.74) is 3.66. The average molecular weight is 325 g/mol. The van der Waals surface area contributed by atoms with Gasteiger partial charge in [0.25, 0.3) is 0 Å². The Hall–Kier alpha value is -0.990. The van der Waals surface area contributed by atoms with Gasteiger partial charge in [-0.25, -0.2) is 0 Å². The number of hydrogen-bond acceptors (Lipinski definition) is 1. The molecule has 0 heterocycles. The highest BCUT2D eigenvalue weighted by molar-refractivity contribution is 9.08. The van der Waals surface area contributed by atoms with Crippen molar-refractivity contribution in [3.8, 4) is 0 Å². The normalized spacial score (nSPS) is 10.4. The first kappa shape index (κ1) is 13.4. The van der Waals surface area contributed by atoms with Crippen LogP contribution in [-0.4, -0.2) is 7.05 Å². The molecule has 18 heavy (non-hydrogen) atoms. The maximum Gasteiger partial charge on any atom is 0.0455 e. The Kier molecular flexibility index (Phi) is 4.67. The molecular weight excluding hydrogens is 310 g/mol. The Morgan fingerprint density at radius 3 is 2.28 bits per heavy atom. The zero-order chi connectivity index (χ0) is 13.0. The molecule has 0 aliphatic heterocycles. The van der Waals surface area contributed by atoms with Gasteiger partial charge >= 0.3 is 0 Å². The molecule has 0 amide bonds. The second kappa shape index (κ2) is 6.26. The molecule has 0 aliphatic rings. The molecule has 2 aromatic carbocycles. The monoisotopic (exact) mass is 323 g/mol. The molecule has 0 fully saturated rings. The number of nitrogens with zero attached hydrogens (tertiary/aromatic N) is 1. The predicted molar refractivity (Wildman–Crippen MR) is 82.6 cm³/mol. The van der Waals surface area contributed by atoms with Crippen LogP contribution in [-0.2, 0) is 11.9 Å². The van der Waals surface area contributed by atoms with Crippen molar-refractivity contribution >= 4 is 33.2 Å². The topological polar surface area (TPSA) is 3.24 Å². The molecule has 0 saturated carbocycles. The molecule has 0 bridgehead atoms. The van der Waals surface area contributed by atoms with E-state index in [-0.39, 0.29) is 0 Å². The van der Waals surface area contributed by atoms with Crippen LogP contribution < -0.4 is 4.90 Å². The Morgan fingerprint density at radius 1 is 1.00 bits per heavy atom. The van der Waals surface area contributed by atoms with Crippen molar-refractivity contribution in [1.82, 2.24) is 0 Å². The van der Waals surface area contributed by atoms with Crippen LogP contribution in [0.2, 0.25) is 5.02 Å². The lowest BCUT2D eigenvalue weighted by Crippen LogP contribution is -2.17. The van der Waals surface area contributed by atoms with Crippen molar-refractivity contribution in [2.24, 2.45) is 0 Å². The molecule has 0 N–H and O–H groups in total. The molecule has 0 unspecified atom stereocenters. The van der Waals surface area contributed by atoms with Crippen LogP contribution in [0.3, 0.4) is 0 Å². The standard InChI is InChI=1S/C15H15BrClN/c1-18(11-13-7-2-4-8-14(13)17)15-9-5-3-6-12(15)10-16/h2-9H,10-11H2,1H3. The number of hydrogen-bond donors (Lipinski definition) is 0. The largest absolute Gasteiger partial charge is 0.370 e. The minimum Gasteiger partial charge on any atom is -0.370 e. The number of para-hydroxylation sites is 1. The molecule has 3 heteroatoms. The summed E-state index contributed by atoms with van der Waals surface area (Å²) < 4.78 is 0. The van der Waals surface area contributed by atoms with Crippen molar-refractivity contribution < 1.29 is 0 Å². The van der Waals surface area contributed by atoms with Crippen LogP contribution in [0.1, 0.15) is 11.1 Å². The number of anilines is 1. The van der Waals surface area contributed by atoms with Gasteiger partial charge < -0.3 is 4.90 Å². The fraction of sp³-hybridized carbons (Fsp3) is 0.200. The summed E-state index contributed by atoms with van der Waals surface area (Å²) in [6, 6.07) is 16.4. The van der Waals surface area contributed by atoms with E-state index in [0.29, 0.717) is 0 Å². The highest BCUT2D eigenvalue weighted by Crippen LogP contribution is 2.25. The third-order valence-corrected chi connectivity index (χ3v) is 3.89. The lowest BCUT2D eigenvalue weighted by molar-refractivity contribution is 0.917. The molecular formula is C15H15BrClN. The summed E-state index contributed by atoms with van der Waals surface area (Å²) in [7, 11) is 2.09. The van der Waals surface area contributed by atoms with Crippen molar-refractivity contribution in [2.75, 3.05) is 11.9 Å². The second-order valence-electron chi connectivity index (χ2n) is 4.21. The summed E-state index contributed by atoms with van der Waals surface area (Å²) in [4.78, 5) is 2.22. The van der Waals surface area contributed by atoms with Crippen LogP contribution in [0.5, 0.6) is 0 Å². The van der Waals surface area contributed by atoms with Gasteiger partial charge in [-0.2, -0.15) is 0 Å². The fourth-order valence-corrected chi connectivity index (χ4v) is 2.63. The van der Waals surface area contributed by atoms with E-state index in [0.717, 1.165) is 22.5 Å².